The predicted molar refractivity (Wildman–Crippen MR) is 77.4 cm³/mol. The molecule has 98 valence electrons. The maximum absolute atomic E-state index is 11.1. The highest BCUT2D eigenvalue weighted by Gasteiger charge is 2.25. The molecule has 0 aromatic heterocycles. The lowest BCUT2D eigenvalue weighted by atomic mass is 9.95. The maximum atomic E-state index is 11.1. The zero-order valence-corrected chi connectivity index (χ0v) is 12.2. The Morgan fingerprint density at radius 1 is 1.61 bits per heavy atom. The molecule has 2 unspecified atom stereocenters. The summed E-state index contributed by atoms with van der Waals surface area (Å²) in [7, 11) is 0. The molecule has 1 fully saturated rings. The van der Waals surface area contributed by atoms with Gasteiger partial charge in [0.2, 0.25) is 5.91 Å². The summed E-state index contributed by atoms with van der Waals surface area (Å²) in [5.41, 5.74) is 6.57. The summed E-state index contributed by atoms with van der Waals surface area (Å²) in [4.78, 5) is 13.5. The Morgan fingerprint density at radius 2 is 2.39 bits per heavy atom. The molecule has 0 spiro atoms. The number of primary amides is 1. The first-order chi connectivity index (χ1) is 8.56. The van der Waals surface area contributed by atoms with E-state index >= 15 is 0 Å². The highest BCUT2D eigenvalue weighted by Crippen LogP contribution is 2.29. The predicted octanol–water partition coefficient (Wildman–Crippen LogP) is 2.79. The fourth-order valence-corrected chi connectivity index (χ4v) is 2.94. The SMILES string of the molecule is CC(CC1CCN(c2cccc(Br)c2)C1)C(N)=O. The third kappa shape index (κ3) is 3.25. The van der Waals surface area contributed by atoms with E-state index in [1.807, 2.05) is 13.0 Å². The Kier molecular flexibility index (Phi) is 4.27. The third-order valence-electron chi connectivity index (χ3n) is 3.63. The lowest BCUT2D eigenvalue weighted by molar-refractivity contribution is -0.121. The molecule has 2 rings (SSSR count). The van der Waals surface area contributed by atoms with Gasteiger partial charge in [-0.2, -0.15) is 0 Å². The van der Waals surface area contributed by atoms with E-state index in [0.717, 1.165) is 30.4 Å². The van der Waals surface area contributed by atoms with Crippen LogP contribution in [0.2, 0.25) is 0 Å². The van der Waals surface area contributed by atoms with Crippen LogP contribution >= 0.6 is 15.9 Å². The summed E-state index contributed by atoms with van der Waals surface area (Å²) >= 11 is 3.50. The number of benzene rings is 1. The van der Waals surface area contributed by atoms with E-state index in [2.05, 4.69) is 39.0 Å². The van der Waals surface area contributed by atoms with Gasteiger partial charge in [0.25, 0.3) is 0 Å². The van der Waals surface area contributed by atoms with Crippen LogP contribution in [0.4, 0.5) is 5.69 Å². The molecule has 1 heterocycles. The maximum Gasteiger partial charge on any atom is 0.220 e. The van der Waals surface area contributed by atoms with Crippen LogP contribution in [0.5, 0.6) is 0 Å². The molecule has 1 amide bonds. The van der Waals surface area contributed by atoms with E-state index in [4.69, 9.17) is 5.73 Å². The van der Waals surface area contributed by atoms with Crippen molar-refractivity contribution in [1.82, 2.24) is 0 Å². The van der Waals surface area contributed by atoms with Gasteiger partial charge < -0.3 is 10.6 Å². The van der Waals surface area contributed by atoms with Crippen molar-refractivity contribution in [2.45, 2.75) is 19.8 Å². The lowest BCUT2D eigenvalue weighted by Gasteiger charge is -2.19. The van der Waals surface area contributed by atoms with Crippen LogP contribution in [0.3, 0.4) is 0 Å². The second-order valence-corrected chi connectivity index (χ2v) is 6.04. The van der Waals surface area contributed by atoms with E-state index in [1.54, 1.807) is 0 Å². The molecule has 2 N–H and O–H groups in total. The Bertz CT molecular complexity index is 436. The summed E-state index contributed by atoms with van der Waals surface area (Å²) in [6.45, 7) is 4.00. The average molecular weight is 311 g/mol. The number of nitrogens with zero attached hydrogens (tertiary/aromatic N) is 1. The number of amides is 1. The number of hydrogen-bond acceptors (Lipinski definition) is 2. The first-order valence-electron chi connectivity index (χ1n) is 6.36. The number of carbonyl (C=O) groups is 1. The zero-order valence-electron chi connectivity index (χ0n) is 10.6. The largest absolute Gasteiger partial charge is 0.371 e. The van der Waals surface area contributed by atoms with E-state index in [-0.39, 0.29) is 11.8 Å². The molecule has 0 aliphatic carbocycles. The molecule has 18 heavy (non-hydrogen) atoms. The number of carbonyl (C=O) groups excluding carboxylic acids is 1. The normalized spacial score (nSPS) is 21.0. The van der Waals surface area contributed by atoms with Crippen molar-refractivity contribution >= 4 is 27.5 Å². The first kappa shape index (κ1) is 13.4. The second kappa shape index (κ2) is 5.74. The van der Waals surface area contributed by atoms with Crippen LogP contribution in [0, 0.1) is 11.8 Å². The minimum Gasteiger partial charge on any atom is -0.371 e. The van der Waals surface area contributed by atoms with E-state index in [0.29, 0.717) is 5.92 Å². The Morgan fingerprint density at radius 3 is 3.06 bits per heavy atom. The van der Waals surface area contributed by atoms with Gasteiger partial charge >= 0.3 is 0 Å². The van der Waals surface area contributed by atoms with Crippen LogP contribution in [0.25, 0.3) is 0 Å². The number of hydrogen-bond donors (Lipinski definition) is 1. The van der Waals surface area contributed by atoms with Crippen LogP contribution < -0.4 is 10.6 Å². The summed E-state index contributed by atoms with van der Waals surface area (Å²) < 4.78 is 1.11. The van der Waals surface area contributed by atoms with Gasteiger partial charge in [0, 0.05) is 29.2 Å². The van der Waals surface area contributed by atoms with Crippen molar-refractivity contribution in [3.8, 4) is 0 Å². The van der Waals surface area contributed by atoms with Gasteiger partial charge in [0.15, 0.2) is 0 Å². The summed E-state index contributed by atoms with van der Waals surface area (Å²) in [5.74, 6) is 0.375. The summed E-state index contributed by atoms with van der Waals surface area (Å²) in [5, 5.41) is 0. The molecule has 0 saturated carbocycles. The molecule has 0 bridgehead atoms. The van der Waals surface area contributed by atoms with Gasteiger partial charge in [-0.05, 0) is 37.0 Å². The highest BCUT2D eigenvalue weighted by molar-refractivity contribution is 9.10. The molecule has 1 aliphatic rings. The molecule has 1 aromatic rings. The van der Waals surface area contributed by atoms with Crippen molar-refractivity contribution < 1.29 is 4.79 Å². The molecular formula is C14H19BrN2O. The van der Waals surface area contributed by atoms with Crippen molar-refractivity contribution in [1.29, 1.82) is 0 Å². The summed E-state index contributed by atoms with van der Waals surface area (Å²) in [6.07, 6.45) is 2.05. The fourth-order valence-electron chi connectivity index (χ4n) is 2.55. The second-order valence-electron chi connectivity index (χ2n) is 5.12. The number of anilines is 1. The van der Waals surface area contributed by atoms with E-state index in [9.17, 15) is 4.79 Å². The minimum atomic E-state index is -0.184. The zero-order chi connectivity index (χ0) is 13.1. The van der Waals surface area contributed by atoms with E-state index < -0.39 is 0 Å². The van der Waals surface area contributed by atoms with Crippen LogP contribution in [-0.2, 0) is 4.79 Å². The summed E-state index contributed by atoms with van der Waals surface area (Å²) in [6, 6.07) is 8.36. The molecule has 0 radical (unpaired) electrons. The van der Waals surface area contributed by atoms with Crippen molar-refractivity contribution in [3.05, 3.63) is 28.7 Å². The van der Waals surface area contributed by atoms with Gasteiger partial charge in [0.05, 0.1) is 0 Å². The van der Waals surface area contributed by atoms with Crippen molar-refractivity contribution in [2.24, 2.45) is 17.6 Å². The van der Waals surface area contributed by atoms with Crippen LogP contribution in [0.1, 0.15) is 19.8 Å². The third-order valence-corrected chi connectivity index (χ3v) is 4.13. The topological polar surface area (TPSA) is 46.3 Å². The van der Waals surface area contributed by atoms with Gasteiger partial charge in [0.1, 0.15) is 0 Å². The quantitative estimate of drug-likeness (QED) is 0.929. The average Bonchev–Trinajstić information content (AvgIpc) is 2.77. The molecule has 1 aliphatic heterocycles. The monoisotopic (exact) mass is 310 g/mol. The molecule has 1 saturated heterocycles. The molecule has 4 heteroatoms. The Balaban J connectivity index is 1.94. The first-order valence-corrected chi connectivity index (χ1v) is 7.15. The van der Waals surface area contributed by atoms with Crippen LogP contribution in [0.15, 0.2) is 28.7 Å². The van der Waals surface area contributed by atoms with Gasteiger partial charge in [-0.15, -0.1) is 0 Å². The Labute approximate surface area is 116 Å². The fraction of sp³-hybridized carbons (Fsp3) is 0.500. The van der Waals surface area contributed by atoms with Crippen molar-refractivity contribution in [2.75, 3.05) is 18.0 Å². The Hall–Kier alpha value is -1.03. The molecular weight excluding hydrogens is 292 g/mol. The lowest BCUT2D eigenvalue weighted by Crippen LogP contribution is -2.25. The number of rotatable bonds is 4. The van der Waals surface area contributed by atoms with Gasteiger partial charge in [-0.1, -0.05) is 28.9 Å². The van der Waals surface area contributed by atoms with E-state index in [1.165, 1.54) is 5.69 Å². The minimum absolute atomic E-state index is 0.0162. The van der Waals surface area contributed by atoms with Crippen molar-refractivity contribution in [3.63, 3.8) is 0 Å². The molecule has 1 aromatic carbocycles. The van der Waals surface area contributed by atoms with Crippen LogP contribution in [-0.4, -0.2) is 19.0 Å². The molecule has 2 atom stereocenters. The standard InChI is InChI=1S/C14H19BrN2O/c1-10(14(16)18)7-11-5-6-17(9-11)13-4-2-3-12(15)8-13/h2-4,8,10-11H,5-7,9H2,1H3,(H2,16,18). The van der Waals surface area contributed by atoms with Gasteiger partial charge in [-0.3, -0.25) is 4.79 Å². The number of nitrogens with two attached hydrogens (primary N) is 1. The smallest absolute Gasteiger partial charge is 0.220 e. The highest BCUT2D eigenvalue weighted by atomic mass is 79.9. The van der Waals surface area contributed by atoms with Gasteiger partial charge in [-0.25, -0.2) is 0 Å². The number of halogens is 1. The molecule has 3 nitrogen and oxygen atoms in total.